The number of carbonyl (C=O) groups excluding carboxylic acids is 3. The van der Waals surface area contributed by atoms with Crippen molar-refractivity contribution < 1.29 is 28.2 Å². The average molecular weight is 469 g/mol. The molecule has 0 unspecified atom stereocenters. The number of allylic oxidation sites excluding steroid dienone is 1. The van der Waals surface area contributed by atoms with E-state index in [1.54, 1.807) is 24.3 Å². The van der Waals surface area contributed by atoms with Crippen LogP contribution in [0.25, 0.3) is 0 Å². The van der Waals surface area contributed by atoms with E-state index in [-0.39, 0.29) is 16.4 Å². The van der Waals surface area contributed by atoms with E-state index < -0.39 is 35.4 Å². The zero-order valence-corrected chi connectivity index (χ0v) is 18.6. The van der Waals surface area contributed by atoms with Crippen LogP contribution in [0.3, 0.4) is 0 Å². The number of nitriles is 1. The van der Waals surface area contributed by atoms with Gasteiger partial charge in [-0.15, -0.1) is 0 Å². The van der Waals surface area contributed by atoms with Crippen molar-refractivity contribution in [1.29, 1.82) is 5.26 Å². The van der Waals surface area contributed by atoms with Gasteiger partial charge in [-0.05, 0) is 30.3 Å². The number of halogens is 1. The van der Waals surface area contributed by atoms with Crippen molar-refractivity contribution in [3.63, 3.8) is 0 Å². The molecule has 2 amide bonds. The maximum Gasteiger partial charge on any atom is 0.319 e. The quantitative estimate of drug-likeness (QED) is 0.473. The van der Waals surface area contributed by atoms with E-state index in [9.17, 15) is 24.0 Å². The fourth-order valence-electron chi connectivity index (χ4n) is 3.45. The van der Waals surface area contributed by atoms with Gasteiger partial charge in [0.25, 0.3) is 0 Å². The molecule has 10 heteroatoms. The van der Waals surface area contributed by atoms with Crippen molar-refractivity contribution in [1.82, 2.24) is 5.32 Å². The molecule has 0 aromatic heterocycles. The predicted octanol–water partition coefficient (Wildman–Crippen LogP) is 2.94. The molecule has 33 heavy (non-hydrogen) atoms. The lowest BCUT2D eigenvalue weighted by atomic mass is 9.78. The van der Waals surface area contributed by atoms with Gasteiger partial charge in [0.15, 0.2) is 0 Å². The highest BCUT2D eigenvalue weighted by atomic mass is 32.2. The molecule has 0 fully saturated rings. The number of nitrogens with one attached hydrogen (secondary N) is 2. The number of benzene rings is 2. The fraction of sp³-hybridized carbons (Fsp3) is 0.217. The normalized spacial score (nSPS) is 17.6. The van der Waals surface area contributed by atoms with Crippen LogP contribution in [-0.2, 0) is 19.1 Å². The fourth-order valence-corrected chi connectivity index (χ4v) is 4.30. The van der Waals surface area contributed by atoms with Crippen molar-refractivity contribution in [2.45, 2.75) is 5.92 Å². The summed E-state index contributed by atoms with van der Waals surface area (Å²) >= 11 is 0.944. The lowest BCUT2D eigenvalue weighted by molar-refractivity contribution is -0.150. The number of amides is 2. The second-order valence-electron chi connectivity index (χ2n) is 6.91. The van der Waals surface area contributed by atoms with Gasteiger partial charge in [-0.3, -0.25) is 14.4 Å². The van der Waals surface area contributed by atoms with Crippen LogP contribution < -0.4 is 15.4 Å². The SMILES string of the molecule is COC(=O)[C@H]1C(=O)NC(SCC(=O)Nc2ccc(F)cc2)=C(C#N)[C@H]1c1ccccc1OC. The summed E-state index contributed by atoms with van der Waals surface area (Å²) in [5.41, 5.74) is 0.978. The maximum absolute atomic E-state index is 13.0. The number of ether oxygens (including phenoxy) is 2. The molecule has 2 aromatic rings. The number of thioether (sulfide) groups is 1. The first-order valence-corrected chi connectivity index (χ1v) is 10.7. The number of hydrogen-bond acceptors (Lipinski definition) is 7. The monoisotopic (exact) mass is 469 g/mol. The summed E-state index contributed by atoms with van der Waals surface area (Å²) in [6.07, 6.45) is 0. The molecule has 1 heterocycles. The van der Waals surface area contributed by atoms with Crippen molar-refractivity contribution >= 4 is 35.2 Å². The molecule has 170 valence electrons. The summed E-state index contributed by atoms with van der Waals surface area (Å²) < 4.78 is 23.2. The molecule has 0 saturated heterocycles. The Morgan fingerprint density at radius 2 is 1.88 bits per heavy atom. The smallest absolute Gasteiger partial charge is 0.319 e. The molecule has 2 N–H and O–H groups in total. The molecule has 0 aliphatic carbocycles. The van der Waals surface area contributed by atoms with Crippen molar-refractivity contribution in [3.8, 4) is 11.8 Å². The van der Waals surface area contributed by atoms with Gasteiger partial charge in [-0.25, -0.2) is 4.39 Å². The third-order valence-corrected chi connectivity index (χ3v) is 5.95. The number of anilines is 1. The summed E-state index contributed by atoms with van der Waals surface area (Å²) in [5, 5.41) is 15.3. The highest BCUT2D eigenvalue weighted by Gasteiger charge is 2.45. The van der Waals surface area contributed by atoms with Gasteiger partial charge in [-0.2, -0.15) is 5.26 Å². The Bertz CT molecular complexity index is 1140. The lowest BCUT2D eigenvalue weighted by Gasteiger charge is -2.31. The van der Waals surface area contributed by atoms with E-state index in [2.05, 4.69) is 16.7 Å². The first-order valence-electron chi connectivity index (χ1n) is 9.73. The van der Waals surface area contributed by atoms with Crippen LogP contribution in [0.1, 0.15) is 11.5 Å². The first-order chi connectivity index (χ1) is 15.9. The van der Waals surface area contributed by atoms with Gasteiger partial charge < -0.3 is 20.1 Å². The molecule has 0 saturated carbocycles. The van der Waals surface area contributed by atoms with Crippen LogP contribution in [0.15, 0.2) is 59.1 Å². The Labute approximate surface area is 193 Å². The van der Waals surface area contributed by atoms with Crippen molar-refractivity contribution in [3.05, 3.63) is 70.5 Å². The molecule has 1 aliphatic heterocycles. The lowest BCUT2D eigenvalue weighted by Crippen LogP contribution is -2.44. The number of methoxy groups -OCH3 is 2. The third-order valence-electron chi connectivity index (χ3n) is 4.93. The van der Waals surface area contributed by atoms with Crippen LogP contribution in [0.5, 0.6) is 5.75 Å². The van der Waals surface area contributed by atoms with Gasteiger partial charge in [0.1, 0.15) is 17.5 Å². The second kappa shape index (κ2) is 10.7. The zero-order valence-electron chi connectivity index (χ0n) is 17.8. The van der Waals surface area contributed by atoms with E-state index in [0.29, 0.717) is 17.0 Å². The molecule has 0 spiro atoms. The largest absolute Gasteiger partial charge is 0.496 e. The topological polar surface area (TPSA) is 118 Å². The Hall–Kier alpha value is -3.84. The number of rotatable bonds is 7. The summed E-state index contributed by atoms with van der Waals surface area (Å²) in [6, 6.07) is 14.1. The zero-order chi connectivity index (χ0) is 24.0. The Morgan fingerprint density at radius 3 is 2.52 bits per heavy atom. The predicted molar refractivity (Wildman–Crippen MR) is 120 cm³/mol. The number of nitrogens with zero attached hydrogens (tertiary/aromatic N) is 1. The Morgan fingerprint density at radius 1 is 1.18 bits per heavy atom. The minimum atomic E-state index is -1.31. The molecule has 2 atom stereocenters. The molecule has 2 aromatic carbocycles. The molecular formula is C23H20FN3O5S. The number of carbonyl (C=O) groups is 3. The van der Waals surface area contributed by atoms with Crippen molar-refractivity contribution in [2.24, 2.45) is 5.92 Å². The van der Waals surface area contributed by atoms with Gasteiger partial charge >= 0.3 is 5.97 Å². The Kier molecular flexibility index (Phi) is 7.69. The summed E-state index contributed by atoms with van der Waals surface area (Å²) in [6.45, 7) is 0. The van der Waals surface area contributed by atoms with Gasteiger partial charge in [0.2, 0.25) is 11.8 Å². The molecule has 0 bridgehead atoms. The molecule has 0 radical (unpaired) electrons. The van der Waals surface area contributed by atoms with Gasteiger partial charge in [0.05, 0.1) is 36.6 Å². The first kappa shape index (κ1) is 23.8. The molecule has 3 rings (SSSR count). The molecule has 8 nitrogen and oxygen atoms in total. The van der Waals surface area contributed by atoms with E-state index in [1.165, 1.54) is 31.4 Å². The minimum absolute atomic E-state index is 0.106. The van der Waals surface area contributed by atoms with Gasteiger partial charge in [0, 0.05) is 17.2 Å². The standard InChI is InChI=1S/C23H20FN3O5S/c1-31-17-6-4-3-5-15(17)19-16(11-25)22(27-21(29)20(19)23(30)32-2)33-12-18(28)26-14-9-7-13(24)8-10-14/h3-10,19-20H,12H2,1-2H3,(H,26,28)(H,27,29)/t19-,20-/m1/s1. The molecular weight excluding hydrogens is 449 g/mol. The highest BCUT2D eigenvalue weighted by Crippen LogP contribution is 2.43. The van der Waals surface area contributed by atoms with Crippen LogP contribution in [0.2, 0.25) is 0 Å². The maximum atomic E-state index is 13.0. The van der Waals surface area contributed by atoms with Crippen LogP contribution in [0.4, 0.5) is 10.1 Å². The second-order valence-corrected chi connectivity index (χ2v) is 7.89. The Balaban J connectivity index is 1.92. The molecule has 1 aliphatic rings. The van der Waals surface area contributed by atoms with Crippen LogP contribution in [0, 0.1) is 23.1 Å². The van der Waals surface area contributed by atoms with E-state index in [1.807, 2.05) is 0 Å². The highest BCUT2D eigenvalue weighted by molar-refractivity contribution is 8.03. The summed E-state index contributed by atoms with van der Waals surface area (Å²) in [4.78, 5) is 37.7. The van der Waals surface area contributed by atoms with E-state index >= 15 is 0 Å². The van der Waals surface area contributed by atoms with E-state index in [4.69, 9.17) is 9.47 Å². The average Bonchev–Trinajstić information content (AvgIpc) is 2.83. The summed E-state index contributed by atoms with van der Waals surface area (Å²) in [5.74, 6) is -4.31. The third kappa shape index (κ3) is 5.32. The van der Waals surface area contributed by atoms with Crippen LogP contribution >= 0.6 is 11.8 Å². The number of hydrogen-bond donors (Lipinski definition) is 2. The minimum Gasteiger partial charge on any atom is -0.496 e. The van der Waals surface area contributed by atoms with Crippen LogP contribution in [-0.4, -0.2) is 37.8 Å². The van der Waals surface area contributed by atoms with Gasteiger partial charge in [-0.1, -0.05) is 30.0 Å². The van der Waals surface area contributed by atoms with Crippen molar-refractivity contribution in [2.75, 3.05) is 25.3 Å². The number of esters is 1. The number of para-hydroxylation sites is 1. The summed E-state index contributed by atoms with van der Waals surface area (Å²) in [7, 11) is 2.61. The van der Waals surface area contributed by atoms with E-state index in [0.717, 1.165) is 18.9 Å².